The second-order valence-electron chi connectivity index (χ2n) is 7.24. The molecule has 2 rings (SSSR count). The van der Waals surface area contributed by atoms with Crippen LogP contribution in [0.1, 0.15) is 25.3 Å². The Bertz CT molecular complexity index is 1060. The van der Waals surface area contributed by atoms with Crippen LogP contribution < -0.4 is 9.47 Å². The molecule has 0 aromatic heterocycles. The van der Waals surface area contributed by atoms with Crippen molar-refractivity contribution in [2.75, 3.05) is 25.4 Å². The number of aliphatic carboxylic acids is 1. The molecule has 0 spiro atoms. The van der Waals surface area contributed by atoms with Gasteiger partial charge in [0, 0.05) is 18.0 Å². The number of hydrogen-bond acceptors (Lipinski definition) is 6. The number of carboxylic acid groups (broad SMARTS) is 1. The SMILES string of the molecule is CCCN(CCCSc1ccc(OCC(=O)O)c(C)c1)S(=O)(=O)c1ccc(OC(F)(F)F)cc1. The van der Waals surface area contributed by atoms with Crippen molar-refractivity contribution < 1.29 is 41.0 Å². The fourth-order valence-corrected chi connectivity index (χ4v) is 5.51. The van der Waals surface area contributed by atoms with E-state index in [-0.39, 0.29) is 18.0 Å². The van der Waals surface area contributed by atoms with E-state index in [9.17, 15) is 26.4 Å². The molecule has 1 N–H and O–H groups in total. The highest BCUT2D eigenvalue weighted by Gasteiger charge is 2.31. The van der Waals surface area contributed by atoms with E-state index < -0.39 is 34.7 Å². The monoisotopic (exact) mass is 521 g/mol. The molecule has 0 aliphatic rings. The maximum Gasteiger partial charge on any atom is 0.573 e. The van der Waals surface area contributed by atoms with Crippen molar-refractivity contribution in [2.45, 2.75) is 42.8 Å². The summed E-state index contributed by atoms with van der Waals surface area (Å²) in [6.07, 6.45) is -3.72. The van der Waals surface area contributed by atoms with Crippen LogP contribution in [0.4, 0.5) is 13.2 Å². The molecule has 0 aliphatic heterocycles. The van der Waals surface area contributed by atoms with Gasteiger partial charge in [-0.25, -0.2) is 13.2 Å². The van der Waals surface area contributed by atoms with Crippen LogP contribution in [0.3, 0.4) is 0 Å². The molecular weight excluding hydrogens is 495 g/mol. The molecule has 2 aromatic carbocycles. The maximum atomic E-state index is 13.0. The van der Waals surface area contributed by atoms with Crippen molar-refractivity contribution >= 4 is 27.8 Å². The molecule has 12 heteroatoms. The van der Waals surface area contributed by atoms with E-state index in [4.69, 9.17) is 9.84 Å². The highest BCUT2D eigenvalue weighted by atomic mass is 32.2. The minimum Gasteiger partial charge on any atom is -0.482 e. The number of carbonyl (C=O) groups is 1. The minimum absolute atomic E-state index is 0.101. The van der Waals surface area contributed by atoms with Crippen molar-refractivity contribution in [3.05, 3.63) is 48.0 Å². The standard InChI is InChI=1S/C22H26F3NO6S2/c1-3-11-26(34(29,30)19-8-5-17(6-9-19)32-22(23,24)25)12-4-13-33-18-7-10-20(16(2)14-18)31-15-21(27)28/h5-10,14H,3-4,11-13,15H2,1-2H3,(H,27,28). The molecule has 0 unspecified atom stereocenters. The lowest BCUT2D eigenvalue weighted by Crippen LogP contribution is -2.33. The molecule has 0 saturated carbocycles. The van der Waals surface area contributed by atoms with Crippen LogP contribution in [0.5, 0.6) is 11.5 Å². The first kappa shape index (κ1) is 27.8. The summed E-state index contributed by atoms with van der Waals surface area (Å²) in [4.78, 5) is 11.5. The lowest BCUT2D eigenvalue weighted by molar-refractivity contribution is -0.274. The van der Waals surface area contributed by atoms with E-state index in [1.165, 1.54) is 16.1 Å². The van der Waals surface area contributed by atoms with Crippen molar-refractivity contribution in [2.24, 2.45) is 0 Å². The molecule has 0 amide bonds. The molecule has 0 bridgehead atoms. The van der Waals surface area contributed by atoms with Gasteiger partial charge >= 0.3 is 12.3 Å². The highest BCUT2D eigenvalue weighted by Crippen LogP contribution is 2.27. The lowest BCUT2D eigenvalue weighted by Gasteiger charge is -2.22. The van der Waals surface area contributed by atoms with E-state index in [2.05, 4.69) is 4.74 Å². The van der Waals surface area contributed by atoms with Crippen LogP contribution in [0, 0.1) is 6.92 Å². The Hall–Kier alpha value is -2.44. The zero-order valence-corrected chi connectivity index (χ0v) is 20.3. The van der Waals surface area contributed by atoms with Gasteiger partial charge in [0.2, 0.25) is 10.0 Å². The topological polar surface area (TPSA) is 93.1 Å². The Balaban J connectivity index is 1.95. The summed E-state index contributed by atoms with van der Waals surface area (Å²) in [6.45, 7) is 3.76. The zero-order valence-electron chi connectivity index (χ0n) is 18.7. The summed E-state index contributed by atoms with van der Waals surface area (Å²) in [6, 6.07) is 9.53. The van der Waals surface area contributed by atoms with Gasteiger partial charge < -0.3 is 14.6 Å². The number of carboxylic acids is 1. The fraction of sp³-hybridized carbons (Fsp3) is 0.409. The van der Waals surface area contributed by atoms with Gasteiger partial charge in [0.15, 0.2) is 6.61 Å². The molecule has 0 atom stereocenters. The smallest absolute Gasteiger partial charge is 0.482 e. The summed E-state index contributed by atoms with van der Waals surface area (Å²) in [5.74, 6) is -0.434. The van der Waals surface area contributed by atoms with Gasteiger partial charge in [-0.15, -0.1) is 24.9 Å². The van der Waals surface area contributed by atoms with E-state index in [1.807, 2.05) is 19.9 Å². The molecule has 188 valence electrons. The van der Waals surface area contributed by atoms with Crippen LogP contribution in [0.2, 0.25) is 0 Å². The molecule has 0 fully saturated rings. The van der Waals surface area contributed by atoms with E-state index >= 15 is 0 Å². The molecule has 7 nitrogen and oxygen atoms in total. The second-order valence-corrected chi connectivity index (χ2v) is 10.3. The van der Waals surface area contributed by atoms with Gasteiger partial charge in [-0.1, -0.05) is 6.92 Å². The Morgan fingerprint density at radius 1 is 1.12 bits per heavy atom. The molecule has 2 aromatic rings. The number of thioether (sulfide) groups is 1. The number of sulfonamides is 1. The van der Waals surface area contributed by atoms with Crippen LogP contribution in [-0.2, 0) is 14.8 Å². The number of ether oxygens (including phenoxy) is 2. The molecule has 0 heterocycles. The van der Waals surface area contributed by atoms with Gasteiger partial charge in [-0.2, -0.15) is 4.31 Å². The van der Waals surface area contributed by atoms with Gasteiger partial charge in [-0.3, -0.25) is 0 Å². The third-order valence-corrected chi connectivity index (χ3v) is 7.48. The third kappa shape index (κ3) is 8.73. The van der Waals surface area contributed by atoms with Crippen LogP contribution in [-0.4, -0.2) is 55.6 Å². The molecule has 34 heavy (non-hydrogen) atoms. The number of hydrogen-bond donors (Lipinski definition) is 1. The fourth-order valence-electron chi connectivity index (χ4n) is 3.01. The number of nitrogens with zero attached hydrogens (tertiary/aromatic N) is 1. The third-order valence-electron chi connectivity index (χ3n) is 4.49. The van der Waals surface area contributed by atoms with Crippen LogP contribution >= 0.6 is 11.8 Å². The van der Waals surface area contributed by atoms with Crippen molar-refractivity contribution in [1.82, 2.24) is 4.31 Å². The Morgan fingerprint density at radius 2 is 1.79 bits per heavy atom. The molecule has 0 saturated heterocycles. The predicted molar refractivity (Wildman–Crippen MR) is 122 cm³/mol. The van der Waals surface area contributed by atoms with Crippen molar-refractivity contribution in [3.63, 3.8) is 0 Å². The van der Waals surface area contributed by atoms with E-state index in [0.29, 0.717) is 24.3 Å². The van der Waals surface area contributed by atoms with E-state index in [0.717, 1.165) is 34.7 Å². The molecule has 0 aliphatic carbocycles. The van der Waals surface area contributed by atoms with Gasteiger partial charge in [0.05, 0.1) is 4.90 Å². The normalized spacial score (nSPS) is 12.1. The number of benzene rings is 2. The minimum atomic E-state index is -4.85. The van der Waals surface area contributed by atoms with E-state index in [1.54, 1.807) is 12.1 Å². The molecular formula is C22H26F3NO6S2. The number of alkyl halides is 3. The number of halogens is 3. The first-order valence-corrected chi connectivity index (χ1v) is 12.8. The largest absolute Gasteiger partial charge is 0.573 e. The van der Waals surface area contributed by atoms with Gasteiger partial charge in [0.25, 0.3) is 0 Å². The maximum absolute atomic E-state index is 13.0. The summed E-state index contributed by atoms with van der Waals surface area (Å²) >= 11 is 1.52. The average Bonchev–Trinajstić information content (AvgIpc) is 2.74. The first-order chi connectivity index (χ1) is 15.9. The molecule has 0 radical (unpaired) electrons. The second kappa shape index (κ2) is 12.3. The summed E-state index contributed by atoms with van der Waals surface area (Å²) in [5.41, 5.74) is 0.791. The summed E-state index contributed by atoms with van der Waals surface area (Å²) in [7, 11) is -3.87. The Morgan fingerprint density at radius 3 is 2.35 bits per heavy atom. The van der Waals surface area contributed by atoms with Crippen LogP contribution in [0.15, 0.2) is 52.3 Å². The lowest BCUT2D eigenvalue weighted by atomic mass is 10.2. The average molecular weight is 522 g/mol. The summed E-state index contributed by atoms with van der Waals surface area (Å²) in [5, 5.41) is 8.71. The first-order valence-electron chi connectivity index (χ1n) is 10.4. The highest BCUT2D eigenvalue weighted by molar-refractivity contribution is 7.99. The Labute approximate surface area is 200 Å². The number of aryl methyl sites for hydroxylation is 1. The number of rotatable bonds is 13. The van der Waals surface area contributed by atoms with Gasteiger partial charge in [-0.05, 0) is 73.5 Å². The Kier molecular flexibility index (Phi) is 10.1. The summed E-state index contributed by atoms with van der Waals surface area (Å²) < 4.78 is 73.2. The quantitative estimate of drug-likeness (QED) is 0.295. The predicted octanol–water partition coefficient (Wildman–Crippen LogP) is 4.94. The van der Waals surface area contributed by atoms with Crippen LogP contribution in [0.25, 0.3) is 0 Å². The van der Waals surface area contributed by atoms with Crippen molar-refractivity contribution in [3.8, 4) is 11.5 Å². The zero-order chi connectivity index (χ0) is 25.4. The van der Waals surface area contributed by atoms with Crippen molar-refractivity contribution in [1.29, 1.82) is 0 Å². The van der Waals surface area contributed by atoms with Gasteiger partial charge in [0.1, 0.15) is 11.5 Å².